The Morgan fingerprint density at radius 3 is 2.61 bits per heavy atom. The topological polar surface area (TPSA) is 52.1 Å². The van der Waals surface area contributed by atoms with E-state index in [-0.39, 0.29) is 0 Å². The lowest BCUT2D eigenvalue weighted by molar-refractivity contribution is 0.136. The van der Waals surface area contributed by atoms with Crippen molar-refractivity contribution in [3.8, 4) is 5.75 Å². The number of ether oxygens (including phenoxy) is 1. The number of aliphatic imine (C=N–C) groups is 1. The van der Waals surface area contributed by atoms with Crippen molar-refractivity contribution in [3.63, 3.8) is 0 Å². The molecule has 1 heterocycles. The van der Waals surface area contributed by atoms with Crippen molar-refractivity contribution in [1.82, 2.24) is 20.4 Å². The lowest BCUT2D eigenvalue weighted by Gasteiger charge is -2.34. The number of hydrogen-bond acceptors (Lipinski definition) is 4. The summed E-state index contributed by atoms with van der Waals surface area (Å²) in [7, 11) is 1.81. The third-order valence-electron chi connectivity index (χ3n) is 5.10. The number of likely N-dealkylation sites (N-methyl/N-ethyl adjacent to an activating group) is 1. The number of unbranched alkanes of at least 4 members (excludes halogenated alkanes) is 1. The Morgan fingerprint density at radius 2 is 1.89 bits per heavy atom. The fourth-order valence-electron chi connectivity index (χ4n) is 3.34. The third kappa shape index (κ3) is 7.90. The van der Waals surface area contributed by atoms with E-state index < -0.39 is 0 Å². The third-order valence-corrected chi connectivity index (χ3v) is 5.10. The SMILES string of the molecule is C=CCOc1ccccc1CNC(=NC)NCCCCN1CCN(CC)CC1. The predicted molar refractivity (Wildman–Crippen MR) is 118 cm³/mol. The smallest absolute Gasteiger partial charge is 0.191 e. The van der Waals surface area contributed by atoms with Crippen molar-refractivity contribution in [3.05, 3.63) is 42.5 Å². The minimum absolute atomic E-state index is 0.511. The fraction of sp³-hybridized carbons (Fsp3) is 0.591. The van der Waals surface area contributed by atoms with Crippen LogP contribution in [0.25, 0.3) is 0 Å². The quantitative estimate of drug-likeness (QED) is 0.264. The van der Waals surface area contributed by atoms with E-state index in [0.29, 0.717) is 13.2 Å². The highest BCUT2D eigenvalue weighted by molar-refractivity contribution is 5.79. The van der Waals surface area contributed by atoms with Gasteiger partial charge >= 0.3 is 0 Å². The van der Waals surface area contributed by atoms with Gasteiger partial charge in [-0.05, 0) is 32.0 Å². The van der Waals surface area contributed by atoms with Gasteiger partial charge in [-0.25, -0.2) is 0 Å². The van der Waals surface area contributed by atoms with Crippen LogP contribution < -0.4 is 15.4 Å². The highest BCUT2D eigenvalue weighted by atomic mass is 16.5. The monoisotopic (exact) mass is 387 g/mol. The number of piperazine rings is 1. The van der Waals surface area contributed by atoms with E-state index in [0.717, 1.165) is 30.2 Å². The molecule has 0 saturated carbocycles. The first-order valence-electron chi connectivity index (χ1n) is 10.5. The number of benzene rings is 1. The number of rotatable bonds is 11. The van der Waals surface area contributed by atoms with Crippen LogP contribution in [-0.4, -0.2) is 75.2 Å². The van der Waals surface area contributed by atoms with Crippen molar-refractivity contribution in [2.45, 2.75) is 26.3 Å². The van der Waals surface area contributed by atoms with E-state index in [9.17, 15) is 0 Å². The second-order valence-corrected chi connectivity index (χ2v) is 7.04. The van der Waals surface area contributed by atoms with E-state index in [2.05, 4.69) is 45.0 Å². The van der Waals surface area contributed by atoms with Crippen LogP contribution in [-0.2, 0) is 6.54 Å². The molecule has 6 heteroatoms. The molecule has 1 aliphatic rings. The van der Waals surface area contributed by atoms with Gasteiger partial charge in [-0.3, -0.25) is 4.99 Å². The zero-order chi connectivity index (χ0) is 20.0. The Kier molecular flexibility index (Phi) is 10.5. The molecule has 2 N–H and O–H groups in total. The van der Waals surface area contributed by atoms with Crippen LogP contribution in [0.15, 0.2) is 41.9 Å². The highest BCUT2D eigenvalue weighted by Crippen LogP contribution is 2.17. The molecular weight excluding hydrogens is 350 g/mol. The Bertz CT molecular complexity index is 596. The molecular formula is C22H37N5O. The molecule has 0 atom stereocenters. The van der Waals surface area contributed by atoms with E-state index >= 15 is 0 Å². The van der Waals surface area contributed by atoms with E-state index in [1.165, 1.54) is 45.7 Å². The summed E-state index contributed by atoms with van der Waals surface area (Å²) in [6.07, 6.45) is 4.12. The van der Waals surface area contributed by atoms with E-state index in [4.69, 9.17) is 4.74 Å². The summed E-state index contributed by atoms with van der Waals surface area (Å²) in [5.41, 5.74) is 1.11. The molecule has 1 aliphatic heterocycles. The Labute approximate surface area is 170 Å². The molecule has 156 valence electrons. The van der Waals surface area contributed by atoms with Crippen LogP contribution in [0, 0.1) is 0 Å². The van der Waals surface area contributed by atoms with Gasteiger partial charge in [0.2, 0.25) is 0 Å². The maximum absolute atomic E-state index is 5.71. The number of hydrogen-bond donors (Lipinski definition) is 2. The van der Waals surface area contributed by atoms with E-state index in [1.807, 2.05) is 25.2 Å². The van der Waals surface area contributed by atoms with Crippen molar-refractivity contribution >= 4 is 5.96 Å². The van der Waals surface area contributed by atoms with Crippen LogP contribution in [0.5, 0.6) is 5.75 Å². The number of nitrogens with one attached hydrogen (secondary N) is 2. The Balaban J connectivity index is 1.62. The number of guanidine groups is 1. The fourth-order valence-corrected chi connectivity index (χ4v) is 3.34. The highest BCUT2D eigenvalue weighted by Gasteiger charge is 2.14. The molecule has 1 aromatic rings. The molecule has 6 nitrogen and oxygen atoms in total. The largest absolute Gasteiger partial charge is 0.489 e. The lowest BCUT2D eigenvalue weighted by Crippen LogP contribution is -2.46. The van der Waals surface area contributed by atoms with Crippen molar-refractivity contribution in [1.29, 1.82) is 0 Å². The normalized spacial score (nSPS) is 16.0. The van der Waals surface area contributed by atoms with Crippen LogP contribution in [0.1, 0.15) is 25.3 Å². The van der Waals surface area contributed by atoms with Crippen LogP contribution in [0.4, 0.5) is 0 Å². The van der Waals surface area contributed by atoms with Crippen molar-refractivity contribution < 1.29 is 4.74 Å². The molecule has 0 bridgehead atoms. The van der Waals surface area contributed by atoms with Gasteiger partial charge in [0.1, 0.15) is 12.4 Å². The summed E-state index contributed by atoms with van der Waals surface area (Å²) in [6.45, 7) is 15.3. The molecule has 0 unspecified atom stereocenters. The summed E-state index contributed by atoms with van der Waals surface area (Å²) in [4.78, 5) is 9.43. The Morgan fingerprint density at radius 1 is 1.14 bits per heavy atom. The van der Waals surface area contributed by atoms with Gasteiger partial charge in [0.05, 0.1) is 0 Å². The standard InChI is InChI=1S/C22H37N5O/c1-4-18-28-21-11-7-6-10-20(21)19-25-22(23-3)24-12-8-9-13-27-16-14-26(5-2)15-17-27/h4,6-7,10-11H,1,5,8-9,12-19H2,2-3H3,(H2,23,24,25). The zero-order valence-corrected chi connectivity index (χ0v) is 17.6. The first kappa shape index (κ1) is 22.2. The Hall–Kier alpha value is -2.05. The zero-order valence-electron chi connectivity index (χ0n) is 17.6. The average Bonchev–Trinajstić information content (AvgIpc) is 2.75. The molecule has 28 heavy (non-hydrogen) atoms. The van der Waals surface area contributed by atoms with E-state index in [1.54, 1.807) is 6.08 Å². The second-order valence-electron chi connectivity index (χ2n) is 7.04. The van der Waals surface area contributed by atoms with Crippen molar-refractivity contribution in [2.75, 3.05) is 59.5 Å². The molecule has 0 aliphatic carbocycles. The lowest BCUT2D eigenvalue weighted by atomic mass is 10.2. The van der Waals surface area contributed by atoms with Crippen LogP contribution in [0.2, 0.25) is 0 Å². The molecule has 1 aromatic carbocycles. The van der Waals surface area contributed by atoms with Gasteiger partial charge in [-0.1, -0.05) is 37.8 Å². The number of para-hydroxylation sites is 1. The first-order valence-corrected chi connectivity index (χ1v) is 10.5. The minimum atomic E-state index is 0.511. The second kappa shape index (κ2) is 13.2. The molecule has 2 rings (SSSR count). The van der Waals surface area contributed by atoms with Gasteiger partial charge in [-0.2, -0.15) is 0 Å². The van der Waals surface area contributed by atoms with Gasteiger partial charge in [0, 0.05) is 51.9 Å². The van der Waals surface area contributed by atoms with Crippen LogP contribution >= 0.6 is 0 Å². The predicted octanol–water partition coefficient (Wildman–Crippen LogP) is 2.33. The summed E-state index contributed by atoms with van der Waals surface area (Å²) >= 11 is 0. The molecule has 1 saturated heterocycles. The van der Waals surface area contributed by atoms with Crippen LogP contribution in [0.3, 0.4) is 0 Å². The molecule has 1 fully saturated rings. The molecule has 0 radical (unpaired) electrons. The van der Waals surface area contributed by atoms with Crippen molar-refractivity contribution in [2.24, 2.45) is 4.99 Å². The maximum Gasteiger partial charge on any atom is 0.191 e. The van der Waals surface area contributed by atoms with Gasteiger partial charge in [0.25, 0.3) is 0 Å². The van der Waals surface area contributed by atoms with Gasteiger partial charge in [0.15, 0.2) is 5.96 Å². The summed E-state index contributed by atoms with van der Waals surface area (Å²) < 4.78 is 5.71. The molecule has 0 spiro atoms. The summed E-state index contributed by atoms with van der Waals surface area (Å²) in [6, 6.07) is 8.05. The summed E-state index contributed by atoms with van der Waals surface area (Å²) in [5.74, 6) is 1.71. The van der Waals surface area contributed by atoms with Gasteiger partial charge in [-0.15, -0.1) is 0 Å². The molecule has 0 amide bonds. The minimum Gasteiger partial charge on any atom is -0.489 e. The summed E-state index contributed by atoms with van der Waals surface area (Å²) in [5, 5.41) is 6.78. The first-order chi connectivity index (χ1) is 13.8. The number of nitrogens with zero attached hydrogens (tertiary/aromatic N) is 3. The maximum atomic E-state index is 5.71. The van der Waals surface area contributed by atoms with Gasteiger partial charge < -0.3 is 25.2 Å². The molecule has 0 aromatic heterocycles. The average molecular weight is 388 g/mol.